The SMILES string of the molecule is O=C(CC1COC1)Nc1ccc2ocnc2c1. The fraction of sp³-hybridized carbons (Fsp3) is 0.333. The van der Waals surface area contributed by atoms with E-state index in [2.05, 4.69) is 10.3 Å². The predicted octanol–water partition coefficient (Wildman–Crippen LogP) is 1.80. The van der Waals surface area contributed by atoms with Crippen molar-refractivity contribution in [2.45, 2.75) is 6.42 Å². The summed E-state index contributed by atoms with van der Waals surface area (Å²) in [5, 5.41) is 2.85. The second kappa shape index (κ2) is 4.18. The van der Waals surface area contributed by atoms with Crippen molar-refractivity contribution < 1.29 is 13.9 Å². The molecule has 2 heterocycles. The van der Waals surface area contributed by atoms with Crippen molar-refractivity contribution in [3.05, 3.63) is 24.6 Å². The standard InChI is InChI=1S/C12H12N2O3/c15-12(3-8-5-16-6-8)14-9-1-2-11-10(4-9)13-7-17-11/h1-2,4,7-8H,3,5-6H2,(H,14,15). The zero-order valence-electron chi connectivity index (χ0n) is 9.18. The fourth-order valence-electron chi connectivity index (χ4n) is 1.81. The van der Waals surface area contributed by atoms with Gasteiger partial charge in [0.25, 0.3) is 0 Å². The molecule has 0 radical (unpaired) electrons. The number of benzene rings is 1. The molecule has 5 nitrogen and oxygen atoms in total. The van der Waals surface area contributed by atoms with Crippen molar-refractivity contribution in [3.63, 3.8) is 0 Å². The molecule has 0 aliphatic carbocycles. The molecule has 1 saturated heterocycles. The minimum atomic E-state index is 0.0149. The van der Waals surface area contributed by atoms with Crippen LogP contribution in [-0.2, 0) is 9.53 Å². The van der Waals surface area contributed by atoms with Gasteiger partial charge in [0.15, 0.2) is 12.0 Å². The van der Waals surface area contributed by atoms with Crippen molar-refractivity contribution >= 4 is 22.7 Å². The van der Waals surface area contributed by atoms with Crippen LogP contribution in [0.1, 0.15) is 6.42 Å². The van der Waals surface area contributed by atoms with E-state index in [9.17, 15) is 4.79 Å². The lowest BCUT2D eigenvalue weighted by molar-refractivity contribution is -0.121. The van der Waals surface area contributed by atoms with E-state index in [1.54, 1.807) is 12.1 Å². The molecule has 0 saturated carbocycles. The number of hydrogen-bond donors (Lipinski definition) is 1. The van der Waals surface area contributed by atoms with Crippen LogP contribution in [0.15, 0.2) is 29.0 Å². The molecule has 1 N–H and O–H groups in total. The van der Waals surface area contributed by atoms with Gasteiger partial charge in [0.1, 0.15) is 5.52 Å². The Kier molecular flexibility index (Phi) is 2.53. The summed E-state index contributed by atoms with van der Waals surface area (Å²) in [5.74, 6) is 0.381. The van der Waals surface area contributed by atoms with E-state index in [0.29, 0.717) is 25.6 Å². The third kappa shape index (κ3) is 2.14. The molecule has 1 aliphatic heterocycles. The lowest BCUT2D eigenvalue weighted by Crippen LogP contribution is -2.31. The van der Waals surface area contributed by atoms with E-state index >= 15 is 0 Å². The molecular formula is C12H12N2O3. The lowest BCUT2D eigenvalue weighted by Gasteiger charge is -2.25. The van der Waals surface area contributed by atoms with E-state index in [1.165, 1.54) is 6.39 Å². The van der Waals surface area contributed by atoms with Gasteiger partial charge in [0.2, 0.25) is 5.91 Å². The van der Waals surface area contributed by atoms with Gasteiger partial charge < -0.3 is 14.5 Å². The Bertz CT molecular complexity index is 545. The minimum absolute atomic E-state index is 0.0149. The molecule has 0 bridgehead atoms. The third-order valence-electron chi connectivity index (χ3n) is 2.80. The Morgan fingerprint density at radius 2 is 2.35 bits per heavy atom. The maximum atomic E-state index is 11.7. The predicted molar refractivity (Wildman–Crippen MR) is 61.6 cm³/mol. The van der Waals surface area contributed by atoms with Gasteiger partial charge in [-0.15, -0.1) is 0 Å². The number of amides is 1. The normalized spacial score (nSPS) is 15.8. The Balaban J connectivity index is 1.68. The Hall–Kier alpha value is -1.88. The summed E-state index contributed by atoms with van der Waals surface area (Å²) >= 11 is 0. The highest BCUT2D eigenvalue weighted by molar-refractivity contribution is 5.92. The summed E-state index contributed by atoms with van der Waals surface area (Å²) in [6.07, 6.45) is 1.90. The topological polar surface area (TPSA) is 64.4 Å². The number of rotatable bonds is 3. The molecule has 2 aromatic rings. The maximum Gasteiger partial charge on any atom is 0.224 e. The highest BCUT2D eigenvalue weighted by atomic mass is 16.5. The second-order valence-corrected chi connectivity index (χ2v) is 4.19. The summed E-state index contributed by atoms with van der Waals surface area (Å²) in [4.78, 5) is 15.7. The van der Waals surface area contributed by atoms with Crippen LogP contribution in [-0.4, -0.2) is 24.1 Å². The average Bonchev–Trinajstić information content (AvgIpc) is 2.71. The summed E-state index contributed by atoms with van der Waals surface area (Å²) in [5.41, 5.74) is 2.21. The van der Waals surface area contributed by atoms with Crippen LogP contribution >= 0.6 is 0 Å². The highest BCUT2D eigenvalue weighted by Gasteiger charge is 2.21. The van der Waals surface area contributed by atoms with Crippen LogP contribution in [0, 0.1) is 5.92 Å². The van der Waals surface area contributed by atoms with E-state index < -0.39 is 0 Å². The monoisotopic (exact) mass is 232 g/mol. The average molecular weight is 232 g/mol. The quantitative estimate of drug-likeness (QED) is 0.876. The molecule has 88 valence electrons. The molecule has 1 amide bonds. The van der Waals surface area contributed by atoms with E-state index in [1.807, 2.05) is 6.07 Å². The van der Waals surface area contributed by atoms with E-state index in [4.69, 9.17) is 9.15 Å². The van der Waals surface area contributed by atoms with Gasteiger partial charge in [-0.3, -0.25) is 4.79 Å². The van der Waals surface area contributed by atoms with Crippen LogP contribution in [0.25, 0.3) is 11.1 Å². The molecule has 3 rings (SSSR count). The number of carbonyl (C=O) groups excluding carboxylic acids is 1. The van der Waals surface area contributed by atoms with Crippen molar-refractivity contribution in [2.75, 3.05) is 18.5 Å². The number of nitrogens with one attached hydrogen (secondary N) is 1. The zero-order chi connectivity index (χ0) is 11.7. The van der Waals surface area contributed by atoms with Crippen molar-refractivity contribution in [2.24, 2.45) is 5.92 Å². The third-order valence-corrected chi connectivity index (χ3v) is 2.80. The first-order valence-electron chi connectivity index (χ1n) is 5.52. The largest absolute Gasteiger partial charge is 0.443 e. The molecule has 5 heteroatoms. The van der Waals surface area contributed by atoms with Gasteiger partial charge >= 0.3 is 0 Å². The molecule has 1 aromatic carbocycles. The molecular weight excluding hydrogens is 220 g/mol. The Morgan fingerprint density at radius 3 is 3.12 bits per heavy atom. The minimum Gasteiger partial charge on any atom is -0.443 e. The van der Waals surface area contributed by atoms with Gasteiger partial charge in [-0.25, -0.2) is 4.98 Å². The lowest BCUT2D eigenvalue weighted by atomic mass is 10.0. The number of fused-ring (bicyclic) bond motifs is 1. The molecule has 1 aromatic heterocycles. The molecule has 0 spiro atoms. The Morgan fingerprint density at radius 1 is 1.47 bits per heavy atom. The van der Waals surface area contributed by atoms with Crippen LogP contribution in [0.3, 0.4) is 0 Å². The van der Waals surface area contributed by atoms with Crippen molar-refractivity contribution in [1.82, 2.24) is 4.98 Å². The molecule has 0 atom stereocenters. The molecule has 1 fully saturated rings. The number of aromatic nitrogens is 1. The van der Waals surface area contributed by atoms with Gasteiger partial charge in [-0.1, -0.05) is 0 Å². The summed E-state index contributed by atoms with van der Waals surface area (Å²) in [6, 6.07) is 5.40. The molecule has 17 heavy (non-hydrogen) atoms. The molecule has 1 aliphatic rings. The van der Waals surface area contributed by atoms with Crippen LogP contribution in [0.4, 0.5) is 5.69 Å². The Labute approximate surface area is 97.8 Å². The van der Waals surface area contributed by atoms with Gasteiger partial charge in [0.05, 0.1) is 13.2 Å². The summed E-state index contributed by atoms with van der Waals surface area (Å²) < 4.78 is 10.2. The number of nitrogens with zero attached hydrogens (tertiary/aromatic N) is 1. The van der Waals surface area contributed by atoms with E-state index in [-0.39, 0.29) is 5.91 Å². The first kappa shape index (κ1) is 10.3. The van der Waals surface area contributed by atoms with Gasteiger partial charge in [-0.05, 0) is 18.2 Å². The number of hydrogen-bond acceptors (Lipinski definition) is 4. The maximum absolute atomic E-state index is 11.7. The van der Waals surface area contributed by atoms with Crippen LogP contribution in [0.5, 0.6) is 0 Å². The number of anilines is 1. The smallest absolute Gasteiger partial charge is 0.224 e. The molecule has 0 unspecified atom stereocenters. The van der Waals surface area contributed by atoms with Crippen molar-refractivity contribution in [1.29, 1.82) is 0 Å². The highest BCUT2D eigenvalue weighted by Crippen LogP contribution is 2.19. The van der Waals surface area contributed by atoms with Gasteiger partial charge in [-0.2, -0.15) is 0 Å². The second-order valence-electron chi connectivity index (χ2n) is 4.19. The summed E-state index contributed by atoms with van der Waals surface area (Å²) in [6.45, 7) is 1.38. The zero-order valence-corrected chi connectivity index (χ0v) is 9.18. The number of oxazole rings is 1. The van der Waals surface area contributed by atoms with E-state index in [0.717, 1.165) is 16.8 Å². The fourth-order valence-corrected chi connectivity index (χ4v) is 1.81. The number of ether oxygens (including phenoxy) is 1. The first-order chi connectivity index (χ1) is 8.31. The van der Waals surface area contributed by atoms with Crippen molar-refractivity contribution in [3.8, 4) is 0 Å². The van der Waals surface area contributed by atoms with Crippen LogP contribution in [0.2, 0.25) is 0 Å². The van der Waals surface area contributed by atoms with Crippen LogP contribution < -0.4 is 5.32 Å². The summed E-state index contributed by atoms with van der Waals surface area (Å²) in [7, 11) is 0. The van der Waals surface area contributed by atoms with Gasteiger partial charge in [0, 0.05) is 18.0 Å². The number of carbonyl (C=O) groups is 1. The first-order valence-corrected chi connectivity index (χ1v) is 5.52.